The van der Waals surface area contributed by atoms with Gasteiger partial charge >= 0.3 is 0 Å². The van der Waals surface area contributed by atoms with Crippen LogP contribution in [0.1, 0.15) is 43.7 Å². The van der Waals surface area contributed by atoms with Crippen LogP contribution in [-0.4, -0.2) is 0 Å². The Morgan fingerprint density at radius 1 is 1.50 bits per heavy atom. The van der Waals surface area contributed by atoms with Gasteiger partial charge in [-0.05, 0) is 58.9 Å². The Kier molecular flexibility index (Phi) is 7.27. The number of halogens is 1. The summed E-state index contributed by atoms with van der Waals surface area (Å²) < 4.78 is 1.32. The molecule has 0 fully saturated rings. The van der Waals surface area contributed by atoms with Crippen molar-refractivity contribution >= 4 is 33.9 Å². The minimum absolute atomic E-state index is 0.309. The Morgan fingerprint density at radius 2 is 2.31 bits per heavy atom. The van der Waals surface area contributed by atoms with Crippen molar-refractivity contribution in [2.24, 2.45) is 5.84 Å². The largest absolute Gasteiger partial charge is 0.271 e. The third-order valence-corrected chi connectivity index (χ3v) is 4.40. The van der Waals surface area contributed by atoms with Gasteiger partial charge in [-0.3, -0.25) is 11.3 Å². The van der Waals surface area contributed by atoms with Crippen LogP contribution in [-0.2, 0) is 0 Å². The zero-order valence-electron chi connectivity index (χ0n) is 9.42. The lowest BCUT2D eigenvalue weighted by Crippen LogP contribution is -2.27. The molecule has 3 N–H and O–H groups in total. The highest BCUT2D eigenvalue weighted by molar-refractivity contribution is 14.1. The van der Waals surface area contributed by atoms with Crippen LogP contribution in [0.4, 0.5) is 0 Å². The lowest BCUT2D eigenvalue weighted by Gasteiger charge is -2.14. The molecule has 1 aromatic heterocycles. The zero-order chi connectivity index (χ0) is 11.8. The molecule has 0 aromatic carbocycles. The van der Waals surface area contributed by atoms with E-state index >= 15 is 0 Å². The summed E-state index contributed by atoms with van der Waals surface area (Å²) in [5.74, 6) is 5.59. The van der Waals surface area contributed by atoms with Gasteiger partial charge in [0.15, 0.2) is 0 Å². The number of nitrogens with one attached hydrogen (secondary N) is 1. The molecular weight excluding hydrogens is 331 g/mol. The number of hydrazine groups is 1. The van der Waals surface area contributed by atoms with Crippen molar-refractivity contribution in [3.63, 3.8) is 0 Å². The third kappa shape index (κ3) is 4.95. The van der Waals surface area contributed by atoms with Gasteiger partial charge in [-0.1, -0.05) is 18.9 Å². The molecule has 0 aliphatic heterocycles. The molecular formula is C12H19IN2S. The van der Waals surface area contributed by atoms with Crippen LogP contribution >= 0.6 is 33.9 Å². The van der Waals surface area contributed by atoms with Crippen molar-refractivity contribution in [1.82, 2.24) is 5.43 Å². The number of unbranched alkanes of at least 4 members (excludes halogenated alkanes) is 3. The summed E-state index contributed by atoms with van der Waals surface area (Å²) in [5.41, 5.74) is 4.23. The summed E-state index contributed by atoms with van der Waals surface area (Å²) in [6.07, 6.45) is 7.93. The number of rotatable bonds is 8. The van der Waals surface area contributed by atoms with Crippen LogP contribution in [0.25, 0.3) is 0 Å². The summed E-state index contributed by atoms with van der Waals surface area (Å²) in [6, 6.07) is 2.52. The Bertz CT molecular complexity index is 312. The fraction of sp³-hybridized carbons (Fsp3) is 0.500. The molecule has 2 nitrogen and oxygen atoms in total. The zero-order valence-corrected chi connectivity index (χ0v) is 12.4. The average Bonchev–Trinajstić information content (AvgIpc) is 2.70. The molecule has 0 radical (unpaired) electrons. The first-order valence-corrected chi connectivity index (χ1v) is 7.54. The molecule has 1 heterocycles. The maximum Gasteiger partial charge on any atom is 0.0656 e. The maximum absolute atomic E-state index is 5.59. The lowest BCUT2D eigenvalue weighted by molar-refractivity contribution is 0.485. The molecule has 1 aromatic rings. The maximum atomic E-state index is 5.59. The van der Waals surface area contributed by atoms with Crippen molar-refractivity contribution in [3.8, 4) is 0 Å². The summed E-state index contributed by atoms with van der Waals surface area (Å²) in [7, 11) is 0. The molecule has 1 atom stereocenters. The van der Waals surface area contributed by atoms with E-state index in [1.165, 1.54) is 27.7 Å². The van der Waals surface area contributed by atoms with Gasteiger partial charge < -0.3 is 0 Å². The number of nitrogens with two attached hydrogens (primary N) is 1. The van der Waals surface area contributed by atoms with Crippen molar-refractivity contribution < 1.29 is 0 Å². The van der Waals surface area contributed by atoms with E-state index in [0.29, 0.717) is 6.04 Å². The van der Waals surface area contributed by atoms with Gasteiger partial charge in [-0.15, -0.1) is 17.9 Å². The van der Waals surface area contributed by atoms with E-state index in [1.54, 1.807) is 11.3 Å². The van der Waals surface area contributed by atoms with Crippen LogP contribution in [0, 0.1) is 2.88 Å². The quantitative estimate of drug-likeness (QED) is 0.245. The van der Waals surface area contributed by atoms with Crippen molar-refractivity contribution in [1.29, 1.82) is 0 Å². The fourth-order valence-electron chi connectivity index (χ4n) is 1.67. The summed E-state index contributed by atoms with van der Waals surface area (Å²) >= 11 is 4.12. The van der Waals surface area contributed by atoms with Crippen LogP contribution in [0.2, 0.25) is 0 Å². The van der Waals surface area contributed by atoms with Crippen molar-refractivity contribution in [3.05, 3.63) is 32.5 Å². The lowest BCUT2D eigenvalue weighted by atomic mass is 10.0. The van der Waals surface area contributed by atoms with E-state index in [0.717, 1.165) is 12.8 Å². The molecule has 1 unspecified atom stereocenters. The number of thiophene rings is 1. The van der Waals surface area contributed by atoms with Crippen LogP contribution in [0.15, 0.2) is 24.1 Å². The Hall–Kier alpha value is 0.0900. The molecule has 16 heavy (non-hydrogen) atoms. The first-order chi connectivity index (χ1) is 7.77. The van der Waals surface area contributed by atoms with Crippen molar-refractivity contribution in [2.45, 2.75) is 38.1 Å². The van der Waals surface area contributed by atoms with E-state index in [2.05, 4.69) is 46.0 Å². The standard InChI is InChI=1S/C12H19IN2S/c1-2-3-4-5-6-7-11(15-14)10-8-12(13)16-9-10/h2,8-9,11,15H,1,3-7,14H2. The van der Waals surface area contributed by atoms with Gasteiger partial charge in [0.05, 0.1) is 2.88 Å². The van der Waals surface area contributed by atoms with Gasteiger partial charge in [-0.2, -0.15) is 0 Å². The predicted octanol–water partition coefficient (Wildman–Crippen LogP) is 3.99. The Balaban J connectivity index is 2.29. The second-order valence-corrected chi connectivity index (χ2v) is 6.64. The Labute approximate surface area is 115 Å². The smallest absolute Gasteiger partial charge is 0.0656 e. The highest BCUT2D eigenvalue weighted by Gasteiger charge is 2.10. The molecule has 0 aliphatic carbocycles. The van der Waals surface area contributed by atoms with E-state index in [1.807, 2.05) is 6.08 Å². The molecule has 0 saturated carbocycles. The molecule has 0 amide bonds. The molecule has 0 bridgehead atoms. The molecule has 0 spiro atoms. The van der Waals surface area contributed by atoms with Gasteiger partial charge in [0.1, 0.15) is 0 Å². The van der Waals surface area contributed by atoms with Crippen LogP contribution < -0.4 is 11.3 Å². The summed E-state index contributed by atoms with van der Waals surface area (Å²) in [6.45, 7) is 3.73. The molecule has 1 rings (SSSR count). The van der Waals surface area contributed by atoms with E-state index in [-0.39, 0.29) is 0 Å². The molecule has 0 saturated heterocycles. The SMILES string of the molecule is C=CCCCCCC(NN)c1csc(I)c1. The highest BCUT2D eigenvalue weighted by atomic mass is 127. The summed E-state index contributed by atoms with van der Waals surface area (Å²) in [4.78, 5) is 0. The first-order valence-electron chi connectivity index (χ1n) is 5.59. The van der Waals surface area contributed by atoms with Gasteiger partial charge in [0.25, 0.3) is 0 Å². The second-order valence-electron chi connectivity index (χ2n) is 3.83. The van der Waals surface area contributed by atoms with Gasteiger partial charge in [-0.25, -0.2) is 0 Å². The first kappa shape index (κ1) is 14.2. The minimum atomic E-state index is 0.309. The summed E-state index contributed by atoms with van der Waals surface area (Å²) in [5, 5.41) is 2.19. The van der Waals surface area contributed by atoms with Gasteiger partial charge in [0, 0.05) is 6.04 Å². The Morgan fingerprint density at radius 3 is 2.88 bits per heavy atom. The second kappa shape index (κ2) is 8.22. The number of hydrogen-bond donors (Lipinski definition) is 2. The van der Waals surface area contributed by atoms with E-state index in [4.69, 9.17) is 5.84 Å². The molecule has 90 valence electrons. The monoisotopic (exact) mass is 350 g/mol. The normalized spacial score (nSPS) is 12.6. The van der Waals surface area contributed by atoms with E-state index < -0.39 is 0 Å². The van der Waals surface area contributed by atoms with Crippen LogP contribution in [0.3, 0.4) is 0 Å². The minimum Gasteiger partial charge on any atom is -0.271 e. The van der Waals surface area contributed by atoms with Gasteiger partial charge in [0.2, 0.25) is 0 Å². The number of hydrogen-bond acceptors (Lipinski definition) is 3. The third-order valence-electron chi connectivity index (χ3n) is 2.59. The molecule has 4 heteroatoms. The fourth-order valence-corrected chi connectivity index (χ4v) is 3.09. The predicted molar refractivity (Wildman–Crippen MR) is 80.4 cm³/mol. The topological polar surface area (TPSA) is 38.0 Å². The van der Waals surface area contributed by atoms with Crippen LogP contribution in [0.5, 0.6) is 0 Å². The highest BCUT2D eigenvalue weighted by Crippen LogP contribution is 2.25. The van der Waals surface area contributed by atoms with E-state index in [9.17, 15) is 0 Å². The average molecular weight is 350 g/mol. The number of allylic oxidation sites excluding steroid dienone is 1. The molecule has 0 aliphatic rings. The van der Waals surface area contributed by atoms with Crippen molar-refractivity contribution in [2.75, 3.05) is 0 Å².